The zero-order chi connectivity index (χ0) is 10.3. The molecule has 0 aromatic rings. The first-order chi connectivity index (χ1) is 6.11. The van der Waals surface area contributed by atoms with Gasteiger partial charge in [-0.1, -0.05) is 31.9 Å². The maximum absolute atomic E-state index is 10.5. The van der Waals surface area contributed by atoms with Crippen LogP contribution in [0, 0.1) is 0 Å². The van der Waals surface area contributed by atoms with Gasteiger partial charge in [0.15, 0.2) is 0 Å². The van der Waals surface area contributed by atoms with Crippen LogP contribution < -0.4 is 0 Å². The van der Waals surface area contributed by atoms with Gasteiger partial charge in [0.2, 0.25) is 0 Å². The summed E-state index contributed by atoms with van der Waals surface area (Å²) in [5.41, 5.74) is 0. The minimum absolute atomic E-state index is 0.199. The molecule has 3 nitrogen and oxygen atoms in total. The van der Waals surface area contributed by atoms with E-state index in [4.69, 9.17) is 0 Å². The van der Waals surface area contributed by atoms with Crippen LogP contribution in [0.1, 0.15) is 33.6 Å². The Morgan fingerprint density at radius 1 is 1.38 bits per heavy atom. The van der Waals surface area contributed by atoms with Crippen LogP contribution in [0.4, 0.5) is 0 Å². The van der Waals surface area contributed by atoms with Crippen LogP contribution in [-0.4, -0.2) is 38.5 Å². The molecule has 0 radical (unpaired) electrons. The molecule has 0 saturated carbocycles. The minimum Gasteiger partial charge on any atom is -0.772 e. The van der Waals surface area contributed by atoms with Gasteiger partial charge < -0.3 is 9.45 Å². The van der Waals surface area contributed by atoms with Crippen molar-refractivity contribution in [1.29, 1.82) is 0 Å². The van der Waals surface area contributed by atoms with Gasteiger partial charge in [-0.3, -0.25) is 4.21 Å². The van der Waals surface area contributed by atoms with Crippen LogP contribution in [-0.2, 0) is 11.1 Å². The number of hydrogen-bond donors (Lipinski definition) is 0. The molecule has 0 fully saturated rings. The molecular weight excluding hydrogens is 186 g/mol. The second-order valence-electron chi connectivity index (χ2n) is 3.24. The molecule has 0 rings (SSSR count). The quantitative estimate of drug-likeness (QED) is 0.591. The lowest BCUT2D eigenvalue weighted by molar-refractivity contribution is 0.296. The lowest BCUT2D eigenvalue weighted by Crippen LogP contribution is -2.25. The molecule has 13 heavy (non-hydrogen) atoms. The van der Waals surface area contributed by atoms with E-state index >= 15 is 0 Å². The van der Waals surface area contributed by atoms with Crippen molar-refractivity contribution in [2.45, 2.75) is 38.9 Å². The van der Waals surface area contributed by atoms with E-state index in [1.165, 1.54) is 0 Å². The Labute approximate surface area is 83.8 Å². The monoisotopic (exact) mass is 206 g/mol. The standard InChI is InChI=1S/C9H21NO2S/c1-4-10(5-2)8-6-7-9(3)13(11)12/h9H,4-8H2,1-3H3,(H,11,12)/p-1. The van der Waals surface area contributed by atoms with Crippen molar-refractivity contribution < 1.29 is 8.76 Å². The summed E-state index contributed by atoms with van der Waals surface area (Å²) in [6, 6.07) is 0. The lowest BCUT2D eigenvalue weighted by atomic mass is 10.2. The van der Waals surface area contributed by atoms with Crippen molar-refractivity contribution in [1.82, 2.24) is 4.90 Å². The number of nitrogens with zero attached hydrogens (tertiary/aromatic N) is 1. The average Bonchev–Trinajstić information content (AvgIpc) is 2.12. The van der Waals surface area contributed by atoms with E-state index in [1.54, 1.807) is 6.92 Å². The van der Waals surface area contributed by atoms with Gasteiger partial charge in [0.25, 0.3) is 0 Å². The van der Waals surface area contributed by atoms with Crippen LogP contribution in [0.2, 0.25) is 0 Å². The van der Waals surface area contributed by atoms with Crippen molar-refractivity contribution in [2.24, 2.45) is 0 Å². The first kappa shape index (κ1) is 13.1. The maximum Gasteiger partial charge on any atom is 0.0188 e. The highest BCUT2D eigenvalue weighted by Gasteiger charge is 2.03. The topological polar surface area (TPSA) is 43.4 Å². The van der Waals surface area contributed by atoms with E-state index in [2.05, 4.69) is 18.7 Å². The molecule has 0 bridgehead atoms. The summed E-state index contributed by atoms with van der Waals surface area (Å²) in [4.78, 5) is 2.31. The fraction of sp³-hybridized carbons (Fsp3) is 1.00. The van der Waals surface area contributed by atoms with Crippen molar-refractivity contribution >= 4 is 11.1 Å². The van der Waals surface area contributed by atoms with Gasteiger partial charge >= 0.3 is 0 Å². The van der Waals surface area contributed by atoms with Gasteiger partial charge in [-0.05, 0) is 32.5 Å². The highest BCUT2D eigenvalue weighted by molar-refractivity contribution is 7.79. The Hall–Kier alpha value is 0.0700. The van der Waals surface area contributed by atoms with E-state index in [1.807, 2.05) is 0 Å². The molecule has 0 aromatic heterocycles. The van der Waals surface area contributed by atoms with Crippen molar-refractivity contribution in [2.75, 3.05) is 19.6 Å². The highest BCUT2D eigenvalue weighted by atomic mass is 32.2. The van der Waals surface area contributed by atoms with E-state index in [0.717, 1.165) is 32.5 Å². The Bertz CT molecular complexity index is 149. The molecular formula is C9H20NO2S-. The predicted octanol–water partition coefficient (Wildman–Crippen LogP) is 1.38. The maximum atomic E-state index is 10.5. The summed E-state index contributed by atoms with van der Waals surface area (Å²) in [6.07, 6.45) is 1.74. The molecule has 0 spiro atoms. The number of rotatable bonds is 7. The highest BCUT2D eigenvalue weighted by Crippen LogP contribution is 2.03. The summed E-state index contributed by atoms with van der Waals surface area (Å²) in [5.74, 6) is 0. The van der Waals surface area contributed by atoms with E-state index in [0.29, 0.717) is 0 Å². The third-order valence-corrected chi connectivity index (χ3v) is 3.20. The van der Waals surface area contributed by atoms with Crippen molar-refractivity contribution in [3.63, 3.8) is 0 Å². The third-order valence-electron chi connectivity index (χ3n) is 2.31. The molecule has 0 N–H and O–H groups in total. The van der Waals surface area contributed by atoms with Crippen LogP contribution in [0.3, 0.4) is 0 Å². The Morgan fingerprint density at radius 2 is 1.92 bits per heavy atom. The van der Waals surface area contributed by atoms with Crippen LogP contribution >= 0.6 is 0 Å². The van der Waals surface area contributed by atoms with Crippen LogP contribution in [0.5, 0.6) is 0 Å². The summed E-state index contributed by atoms with van der Waals surface area (Å²) in [6.45, 7) is 9.11. The zero-order valence-electron chi connectivity index (χ0n) is 8.78. The Balaban J connectivity index is 3.48. The van der Waals surface area contributed by atoms with Gasteiger partial charge in [0.05, 0.1) is 0 Å². The predicted molar refractivity (Wildman–Crippen MR) is 55.4 cm³/mol. The first-order valence-electron chi connectivity index (χ1n) is 4.92. The normalized spacial score (nSPS) is 16.1. The molecule has 0 aromatic carbocycles. The SMILES string of the molecule is CCN(CC)CCCC(C)S(=O)[O-]. The molecule has 0 amide bonds. The van der Waals surface area contributed by atoms with Gasteiger partial charge in [-0.25, -0.2) is 0 Å². The summed E-state index contributed by atoms with van der Waals surface area (Å²) < 4.78 is 21.0. The zero-order valence-corrected chi connectivity index (χ0v) is 9.60. The molecule has 0 heterocycles. The fourth-order valence-electron chi connectivity index (χ4n) is 1.24. The molecule has 0 aliphatic heterocycles. The largest absolute Gasteiger partial charge is 0.772 e. The van der Waals surface area contributed by atoms with Gasteiger partial charge in [-0.15, -0.1) is 0 Å². The molecule has 0 saturated heterocycles. The van der Waals surface area contributed by atoms with Crippen molar-refractivity contribution in [3.05, 3.63) is 0 Å². The van der Waals surface area contributed by atoms with Crippen LogP contribution in [0.25, 0.3) is 0 Å². The van der Waals surface area contributed by atoms with E-state index in [9.17, 15) is 8.76 Å². The average molecular weight is 206 g/mol. The van der Waals surface area contributed by atoms with Crippen molar-refractivity contribution in [3.8, 4) is 0 Å². The molecule has 0 aliphatic rings. The summed E-state index contributed by atoms with van der Waals surface area (Å²) in [5, 5.41) is -0.199. The molecule has 2 unspecified atom stereocenters. The Kier molecular flexibility index (Phi) is 7.51. The summed E-state index contributed by atoms with van der Waals surface area (Å²) >= 11 is -1.90. The Morgan fingerprint density at radius 3 is 2.31 bits per heavy atom. The second-order valence-corrected chi connectivity index (χ2v) is 4.57. The van der Waals surface area contributed by atoms with E-state index < -0.39 is 11.1 Å². The van der Waals surface area contributed by atoms with Gasteiger partial charge in [0, 0.05) is 5.25 Å². The van der Waals surface area contributed by atoms with Crippen LogP contribution in [0.15, 0.2) is 0 Å². The van der Waals surface area contributed by atoms with E-state index in [-0.39, 0.29) is 5.25 Å². The lowest BCUT2D eigenvalue weighted by Gasteiger charge is -2.20. The molecule has 2 atom stereocenters. The fourth-order valence-corrected chi connectivity index (χ4v) is 1.60. The molecule has 4 heteroatoms. The van der Waals surface area contributed by atoms with Gasteiger partial charge in [-0.2, -0.15) is 0 Å². The molecule has 80 valence electrons. The first-order valence-corrected chi connectivity index (χ1v) is 6.06. The third kappa shape index (κ3) is 6.18. The summed E-state index contributed by atoms with van der Waals surface area (Å²) in [7, 11) is 0. The smallest absolute Gasteiger partial charge is 0.0188 e. The number of hydrogen-bond acceptors (Lipinski definition) is 3. The van der Waals surface area contributed by atoms with Gasteiger partial charge in [0.1, 0.15) is 0 Å². The minimum atomic E-state index is -1.90. The molecule has 0 aliphatic carbocycles. The second kappa shape index (κ2) is 7.47.